The number of anilines is 2. The highest BCUT2D eigenvalue weighted by molar-refractivity contribution is 7.99. The van der Waals surface area contributed by atoms with E-state index in [9.17, 15) is 9.59 Å². The fourth-order valence-electron chi connectivity index (χ4n) is 3.84. The first-order valence-electron chi connectivity index (χ1n) is 12.0. The minimum Gasteiger partial charge on any atom is -0.497 e. The third-order valence-corrected chi connectivity index (χ3v) is 6.98. The standard InChI is InChI=1S/C28H27N5O3S/c1-18-8-13-21(29-27(35)20-9-10-20)16-24(18)30-25(34)17-37-28-32-31-26(19-11-14-23(36-2)15-12-19)33(28)22-6-4-3-5-7-22/h3-8,11-16,20H,9-10,17H2,1-2H3,(H,29,35)(H,30,34). The maximum absolute atomic E-state index is 12.9. The van der Waals surface area contributed by atoms with Crippen LogP contribution in [0.1, 0.15) is 18.4 Å². The fourth-order valence-corrected chi connectivity index (χ4v) is 4.59. The van der Waals surface area contributed by atoms with Crippen molar-refractivity contribution in [2.75, 3.05) is 23.5 Å². The molecule has 0 spiro atoms. The largest absolute Gasteiger partial charge is 0.497 e. The van der Waals surface area contributed by atoms with E-state index in [4.69, 9.17) is 4.74 Å². The zero-order valence-electron chi connectivity index (χ0n) is 20.6. The molecule has 0 unspecified atom stereocenters. The second-order valence-electron chi connectivity index (χ2n) is 8.84. The van der Waals surface area contributed by atoms with Crippen LogP contribution in [-0.4, -0.2) is 39.4 Å². The smallest absolute Gasteiger partial charge is 0.234 e. The van der Waals surface area contributed by atoms with Gasteiger partial charge in [0.05, 0.1) is 12.9 Å². The molecule has 5 rings (SSSR count). The Morgan fingerprint density at radius 2 is 1.76 bits per heavy atom. The van der Waals surface area contributed by atoms with Gasteiger partial charge in [0, 0.05) is 28.5 Å². The molecule has 188 valence electrons. The van der Waals surface area contributed by atoms with Crippen LogP contribution < -0.4 is 15.4 Å². The number of carbonyl (C=O) groups is 2. The van der Waals surface area contributed by atoms with Crippen LogP contribution in [-0.2, 0) is 9.59 Å². The van der Waals surface area contributed by atoms with Gasteiger partial charge in [0.25, 0.3) is 0 Å². The number of carbonyl (C=O) groups excluding carboxylic acids is 2. The second-order valence-corrected chi connectivity index (χ2v) is 9.78. The summed E-state index contributed by atoms with van der Waals surface area (Å²) in [5.41, 5.74) is 4.04. The van der Waals surface area contributed by atoms with E-state index >= 15 is 0 Å². The lowest BCUT2D eigenvalue weighted by Crippen LogP contribution is -2.17. The Hall–Kier alpha value is -4.11. The molecule has 1 aromatic heterocycles. The molecule has 0 radical (unpaired) electrons. The minimum atomic E-state index is -0.174. The zero-order valence-corrected chi connectivity index (χ0v) is 21.4. The average Bonchev–Trinajstić information content (AvgIpc) is 3.69. The van der Waals surface area contributed by atoms with Crippen LogP contribution in [0.5, 0.6) is 5.75 Å². The Morgan fingerprint density at radius 1 is 1.00 bits per heavy atom. The molecule has 1 saturated carbocycles. The summed E-state index contributed by atoms with van der Waals surface area (Å²) in [5, 5.41) is 15.3. The van der Waals surface area contributed by atoms with Crippen molar-refractivity contribution < 1.29 is 14.3 Å². The van der Waals surface area contributed by atoms with Crippen molar-refractivity contribution in [3.63, 3.8) is 0 Å². The van der Waals surface area contributed by atoms with Gasteiger partial charge < -0.3 is 15.4 Å². The third-order valence-electron chi connectivity index (χ3n) is 6.06. The third kappa shape index (κ3) is 5.83. The molecule has 9 heteroatoms. The van der Waals surface area contributed by atoms with E-state index in [1.807, 2.05) is 78.2 Å². The maximum atomic E-state index is 12.9. The number of hydrogen-bond donors (Lipinski definition) is 2. The summed E-state index contributed by atoms with van der Waals surface area (Å²) in [6.45, 7) is 1.92. The van der Waals surface area contributed by atoms with Gasteiger partial charge in [0.2, 0.25) is 11.8 Å². The first-order valence-corrected chi connectivity index (χ1v) is 13.0. The topological polar surface area (TPSA) is 98.1 Å². The first-order chi connectivity index (χ1) is 18.0. The maximum Gasteiger partial charge on any atom is 0.234 e. The summed E-state index contributed by atoms with van der Waals surface area (Å²) in [6.07, 6.45) is 1.87. The Balaban J connectivity index is 1.32. The van der Waals surface area contributed by atoms with Gasteiger partial charge in [-0.3, -0.25) is 14.2 Å². The number of ether oxygens (including phenoxy) is 1. The molecule has 3 aromatic carbocycles. The predicted molar refractivity (Wildman–Crippen MR) is 145 cm³/mol. The SMILES string of the molecule is COc1ccc(-c2nnc(SCC(=O)Nc3cc(NC(=O)C4CC4)ccc3C)n2-c2ccccc2)cc1. The quantitative estimate of drug-likeness (QED) is 0.294. The Morgan fingerprint density at radius 3 is 2.46 bits per heavy atom. The van der Waals surface area contributed by atoms with E-state index in [0.717, 1.165) is 35.4 Å². The predicted octanol–water partition coefficient (Wildman–Crippen LogP) is 5.33. The van der Waals surface area contributed by atoms with Crippen LogP contribution in [0.4, 0.5) is 11.4 Å². The Bertz CT molecular complexity index is 1420. The van der Waals surface area contributed by atoms with Gasteiger partial charge >= 0.3 is 0 Å². The molecule has 2 N–H and O–H groups in total. The highest BCUT2D eigenvalue weighted by atomic mass is 32.2. The van der Waals surface area contributed by atoms with Gasteiger partial charge in [-0.05, 0) is 73.9 Å². The average molecular weight is 514 g/mol. The zero-order chi connectivity index (χ0) is 25.8. The van der Waals surface area contributed by atoms with Crippen LogP contribution in [0.15, 0.2) is 78.0 Å². The summed E-state index contributed by atoms with van der Waals surface area (Å²) < 4.78 is 7.22. The second kappa shape index (κ2) is 10.9. The van der Waals surface area contributed by atoms with Crippen molar-refractivity contribution in [3.05, 3.63) is 78.4 Å². The normalized spacial score (nSPS) is 12.7. The monoisotopic (exact) mass is 513 g/mol. The van der Waals surface area contributed by atoms with Crippen LogP contribution in [0.3, 0.4) is 0 Å². The summed E-state index contributed by atoms with van der Waals surface area (Å²) in [7, 11) is 1.63. The molecule has 8 nitrogen and oxygen atoms in total. The number of aromatic nitrogens is 3. The number of amides is 2. The summed E-state index contributed by atoms with van der Waals surface area (Å²) in [5.74, 6) is 1.54. The summed E-state index contributed by atoms with van der Waals surface area (Å²) in [4.78, 5) is 25.0. The van der Waals surface area contributed by atoms with Crippen LogP contribution in [0, 0.1) is 12.8 Å². The highest BCUT2D eigenvalue weighted by Gasteiger charge is 2.29. The van der Waals surface area contributed by atoms with Gasteiger partial charge in [-0.15, -0.1) is 10.2 Å². The van der Waals surface area contributed by atoms with Crippen molar-refractivity contribution in [1.29, 1.82) is 0 Å². The van der Waals surface area contributed by atoms with Gasteiger partial charge in [0.1, 0.15) is 5.75 Å². The molecule has 37 heavy (non-hydrogen) atoms. The van der Waals surface area contributed by atoms with Gasteiger partial charge in [-0.2, -0.15) is 0 Å². The van der Waals surface area contributed by atoms with E-state index in [2.05, 4.69) is 20.8 Å². The molecule has 0 aliphatic heterocycles. The number of nitrogens with zero attached hydrogens (tertiary/aromatic N) is 3. The van der Waals surface area contributed by atoms with Crippen LogP contribution >= 0.6 is 11.8 Å². The molecule has 1 fully saturated rings. The van der Waals surface area contributed by atoms with E-state index < -0.39 is 0 Å². The molecule has 1 heterocycles. The van der Waals surface area contributed by atoms with E-state index in [1.54, 1.807) is 13.2 Å². The van der Waals surface area contributed by atoms with E-state index in [-0.39, 0.29) is 23.5 Å². The number of hydrogen-bond acceptors (Lipinski definition) is 6. The molecule has 1 aliphatic carbocycles. The van der Waals surface area contributed by atoms with Gasteiger partial charge in [-0.25, -0.2) is 0 Å². The number of methoxy groups -OCH3 is 1. The molecular formula is C28H27N5O3S. The van der Waals surface area contributed by atoms with Crippen molar-refractivity contribution >= 4 is 35.0 Å². The van der Waals surface area contributed by atoms with E-state index in [0.29, 0.717) is 22.4 Å². The Labute approximate surface area is 219 Å². The molecule has 2 amide bonds. The number of benzene rings is 3. The fraction of sp³-hybridized carbons (Fsp3) is 0.214. The van der Waals surface area contributed by atoms with Gasteiger partial charge in [-0.1, -0.05) is 36.0 Å². The van der Waals surface area contributed by atoms with Crippen LogP contribution in [0.2, 0.25) is 0 Å². The number of para-hydroxylation sites is 1. The summed E-state index contributed by atoms with van der Waals surface area (Å²) >= 11 is 1.31. The molecule has 0 bridgehead atoms. The molecule has 0 saturated heterocycles. The number of rotatable bonds is 9. The number of thioether (sulfide) groups is 1. The highest BCUT2D eigenvalue weighted by Crippen LogP contribution is 2.31. The minimum absolute atomic E-state index is 0.0320. The van der Waals surface area contributed by atoms with Crippen molar-refractivity contribution in [2.24, 2.45) is 5.92 Å². The van der Waals surface area contributed by atoms with Crippen molar-refractivity contribution in [1.82, 2.24) is 14.8 Å². The molecule has 4 aromatic rings. The Kier molecular flexibility index (Phi) is 7.23. The first kappa shape index (κ1) is 24.6. The lowest BCUT2D eigenvalue weighted by Gasteiger charge is -2.12. The van der Waals surface area contributed by atoms with Crippen molar-refractivity contribution in [3.8, 4) is 22.8 Å². The molecule has 1 aliphatic rings. The lowest BCUT2D eigenvalue weighted by atomic mass is 10.1. The number of aryl methyl sites for hydroxylation is 1. The van der Waals surface area contributed by atoms with Gasteiger partial charge in [0.15, 0.2) is 11.0 Å². The van der Waals surface area contributed by atoms with Crippen molar-refractivity contribution in [2.45, 2.75) is 24.9 Å². The summed E-state index contributed by atoms with van der Waals surface area (Å²) in [6, 6.07) is 23.0. The number of nitrogens with one attached hydrogen (secondary N) is 2. The lowest BCUT2D eigenvalue weighted by molar-refractivity contribution is -0.117. The van der Waals surface area contributed by atoms with Crippen LogP contribution in [0.25, 0.3) is 17.1 Å². The molecular weight excluding hydrogens is 486 g/mol. The van der Waals surface area contributed by atoms with E-state index in [1.165, 1.54) is 11.8 Å². The molecule has 0 atom stereocenters.